The van der Waals surface area contributed by atoms with E-state index in [1.165, 1.54) is 18.1 Å². The Morgan fingerprint density at radius 2 is 1.88 bits per heavy atom. The number of aromatic nitrogens is 3. The minimum Gasteiger partial charge on any atom is -0.481 e. The number of carbonyl (C=O) groups excluding carboxylic acids is 1. The molecule has 4 rings (SSSR count). The second-order valence-electron chi connectivity index (χ2n) is 5.46. The number of nitrogens with zero attached hydrogens (tertiary/aromatic N) is 1. The maximum absolute atomic E-state index is 11.7. The molecular formula is C17H17N3O4. The molecule has 0 radical (unpaired) electrons. The molecule has 2 aromatic heterocycles. The quantitative estimate of drug-likeness (QED) is 0.595. The first kappa shape index (κ1) is 15.8. The SMILES string of the molecule is CC(=O)O.COC(=O)c1[nH]nc2c1CCc1c-2[nH]c2ccccc12. The number of ether oxygens (including phenoxy) is 1. The van der Waals surface area contributed by atoms with Gasteiger partial charge < -0.3 is 14.8 Å². The summed E-state index contributed by atoms with van der Waals surface area (Å²) in [4.78, 5) is 24.1. The number of fused-ring (bicyclic) bond motifs is 5. The third kappa shape index (κ3) is 2.64. The average molecular weight is 327 g/mol. The normalized spacial score (nSPS) is 11.9. The summed E-state index contributed by atoms with van der Waals surface area (Å²) in [5.41, 5.74) is 5.63. The Balaban J connectivity index is 0.000000383. The lowest BCUT2D eigenvalue weighted by Gasteiger charge is -2.12. The van der Waals surface area contributed by atoms with Crippen molar-refractivity contribution < 1.29 is 19.4 Å². The van der Waals surface area contributed by atoms with Crippen molar-refractivity contribution in [3.8, 4) is 11.4 Å². The highest BCUT2D eigenvalue weighted by Gasteiger charge is 2.28. The van der Waals surface area contributed by atoms with Crippen LogP contribution in [-0.4, -0.2) is 39.3 Å². The van der Waals surface area contributed by atoms with Gasteiger partial charge in [-0.15, -0.1) is 0 Å². The number of aliphatic carboxylic acids is 1. The van der Waals surface area contributed by atoms with E-state index in [0.29, 0.717) is 5.69 Å². The minimum absolute atomic E-state index is 0.363. The van der Waals surface area contributed by atoms with Crippen molar-refractivity contribution in [3.63, 3.8) is 0 Å². The molecule has 0 saturated carbocycles. The van der Waals surface area contributed by atoms with Crippen molar-refractivity contribution in [2.45, 2.75) is 19.8 Å². The van der Waals surface area contributed by atoms with Crippen LogP contribution >= 0.6 is 0 Å². The van der Waals surface area contributed by atoms with Crippen molar-refractivity contribution in [1.82, 2.24) is 15.2 Å². The van der Waals surface area contributed by atoms with Crippen LogP contribution in [0.25, 0.3) is 22.3 Å². The summed E-state index contributed by atoms with van der Waals surface area (Å²) in [5.74, 6) is -1.20. The standard InChI is InChI=1S/C15H13N3O2.C2H4O2/c1-20-15(19)14-10-7-6-9-8-4-2-3-5-11(8)16-12(9)13(10)17-18-14;1-2(3)4/h2-5,16H,6-7H2,1H3,(H,17,18);1H3,(H,3,4). The summed E-state index contributed by atoms with van der Waals surface area (Å²) in [6.45, 7) is 1.08. The van der Waals surface area contributed by atoms with Crippen LogP contribution in [0.5, 0.6) is 0 Å². The fourth-order valence-corrected chi connectivity index (χ4v) is 3.00. The second-order valence-corrected chi connectivity index (χ2v) is 5.46. The molecule has 2 heterocycles. The van der Waals surface area contributed by atoms with Gasteiger partial charge in [0.05, 0.1) is 12.8 Å². The summed E-state index contributed by atoms with van der Waals surface area (Å²) in [7, 11) is 1.38. The Morgan fingerprint density at radius 3 is 2.58 bits per heavy atom. The van der Waals surface area contributed by atoms with E-state index in [1.54, 1.807) is 0 Å². The molecule has 1 aromatic carbocycles. The van der Waals surface area contributed by atoms with Gasteiger partial charge in [0.15, 0.2) is 0 Å². The molecule has 3 aromatic rings. The van der Waals surface area contributed by atoms with Gasteiger partial charge in [0.1, 0.15) is 11.4 Å². The summed E-state index contributed by atoms with van der Waals surface area (Å²) in [5, 5.41) is 15.8. The van der Waals surface area contributed by atoms with Crippen LogP contribution in [0.3, 0.4) is 0 Å². The van der Waals surface area contributed by atoms with Crippen LogP contribution in [0.1, 0.15) is 28.5 Å². The van der Waals surface area contributed by atoms with E-state index in [4.69, 9.17) is 14.6 Å². The maximum Gasteiger partial charge on any atom is 0.356 e. The first-order valence-corrected chi connectivity index (χ1v) is 7.48. The lowest BCUT2D eigenvalue weighted by Crippen LogP contribution is -2.08. The van der Waals surface area contributed by atoms with Crippen molar-refractivity contribution in [2.24, 2.45) is 0 Å². The number of methoxy groups -OCH3 is 1. The lowest BCUT2D eigenvalue weighted by molar-refractivity contribution is -0.134. The highest BCUT2D eigenvalue weighted by molar-refractivity contribution is 5.95. The molecule has 7 heteroatoms. The number of hydrogen-bond donors (Lipinski definition) is 3. The minimum atomic E-state index is -0.833. The van der Waals surface area contributed by atoms with Crippen molar-refractivity contribution in [2.75, 3.05) is 7.11 Å². The molecule has 7 nitrogen and oxygen atoms in total. The topological polar surface area (TPSA) is 108 Å². The smallest absolute Gasteiger partial charge is 0.356 e. The number of aryl methyl sites for hydroxylation is 1. The van der Waals surface area contributed by atoms with E-state index in [9.17, 15) is 4.79 Å². The Bertz CT molecular complexity index is 919. The van der Waals surface area contributed by atoms with Crippen LogP contribution in [0.2, 0.25) is 0 Å². The molecule has 3 N–H and O–H groups in total. The Morgan fingerprint density at radius 1 is 1.21 bits per heavy atom. The monoisotopic (exact) mass is 327 g/mol. The van der Waals surface area contributed by atoms with Crippen molar-refractivity contribution in [1.29, 1.82) is 0 Å². The third-order valence-corrected chi connectivity index (χ3v) is 3.93. The first-order chi connectivity index (χ1) is 11.5. The Kier molecular flexibility index (Phi) is 4.07. The lowest BCUT2D eigenvalue weighted by atomic mass is 9.92. The highest BCUT2D eigenvalue weighted by Crippen LogP contribution is 2.37. The van der Waals surface area contributed by atoms with Crippen LogP contribution in [0.15, 0.2) is 24.3 Å². The van der Waals surface area contributed by atoms with Crippen LogP contribution in [0, 0.1) is 0 Å². The highest BCUT2D eigenvalue weighted by atomic mass is 16.5. The fourth-order valence-electron chi connectivity index (χ4n) is 3.00. The molecule has 124 valence electrons. The van der Waals surface area contributed by atoms with Crippen molar-refractivity contribution >= 4 is 22.8 Å². The molecule has 0 atom stereocenters. The molecule has 0 unspecified atom stereocenters. The van der Waals surface area contributed by atoms with Gasteiger partial charge >= 0.3 is 5.97 Å². The van der Waals surface area contributed by atoms with Crippen LogP contribution in [0.4, 0.5) is 0 Å². The molecule has 0 fully saturated rings. The molecule has 0 amide bonds. The average Bonchev–Trinajstić information content (AvgIpc) is 3.14. The zero-order chi connectivity index (χ0) is 17.3. The number of nitrogens with one attached hydrogen (secondary N) is 2. The third-order valence-electron chi connectivity index (χ3n) is 3.93. The molecule has 1 aliphatic rings. The Labute approximate surface area is 137 Å². The summed E-state index contributed by atoms with van der Waals surface area (Å²) in [6.07, 6.45) is 1.70. The molecule has 0 saturated heterocycles. The maximum atomic E-state index is 11.7. The Hall–Kier alpha value is -3.09. The first-order valence-electron chi connectivity index (χ1n) is 7.48. The second kappa shape index (κ2) is 6.19. The van der Waals surface area contributed by atoms with E-state index >= 15 is 0 Å². The van der Waals surface area contributed by atoms with Crippen molar-refractivity contribution in [3.05, 3.63) is 41.1 Å². The number of carboxylic acid groups (broad SMARTS) is 1. The van der Waals surface area contributed by atoms with E-state index in [0.717, 1.165) is 42.2 Å². The van der Waals surface area contributed by atoms with E-state index in [1.807, 2.05) is 12.1 Å². The van der Waals surface area contributed by atoms with Crippen LogP contribution < -0.4 is 0 Å². The zero-order valence-electron chi connectivity index (χ0n) is 13.3. The van der Waals surface area contributed by atoms with Gasteiger partial charge in [0.2, 0.25) is 0 Å². The molecule has 0 bridgehead atoms. The summed E-state index contributed by atoms with van der Waals surface area (Å²) in [6, 6.07) is 8.22. The van der Waals surface area contributed by atoms with Gasteiger partial charge in [0, 0.05) is 23.4 Å². The number of carboxylic acids is 1. The summed E-state index contributed by atoms with van der Waals surface area (Å²) < 4.78 is 4.79. The molecule has 0 aliphatic heterocycles. The van der Waals surface area contributed by atoms with Gasteiger partial charge in [-0.1, -0.05) is 18.2 Å². The van der Waals surface area contributed by atoms with E-state index < -0.39 is 5.97 Å². The zero-order valence-corrected chi connectivity index (χ0v) is 13.3. The van der Waals surface area contributed by atoms with Gasteiger partial charge in [-0.2, -0.15) is 5.10 Å². The van der Waals surface area contributed by atoms with Gasteiger partial charge in [-0.3, -0.25) is 9.89 Å². The molecular weight excluding hydrogens is 310 g/mol. The number of aromatic amines is 2. The van der Waals surface area contributed by atoms with Gasteiger partial charge in [-0.25, -0.2) is 4.79 Å². The molecule has 1 aliphatic carbocycles. The number of para-hydroxylation sites is 1. The molecule has 24 heavy (non-hydrogen) atoms. The van der Waals surface area contributed by atoms with E-state index in [2.05, 4.69) is 27.3 Å². The fraction of sp³-hybridized carbons (Fsp3) is 0.235. The van der Waals surface area contributed by atoms with Crippen LogP contribution in [-0.2, 0) is 22.4 Å². The predicted molar refractivity (Wildman–Crippen MR) is 87.9 cm³/mol. The number of hydrogen-bond acceptors (Lipinski definition) is 4. The van der Waals surface area contributed by atoms with Gasteiger partial charge in [0.25, 0.3) is 5.97 Å². The van der Waals surface area contributed by atoms with E-state index in [-0.39, 0.29) is 5.97 Å². The number of esters is 1. The largest absolute Gasteiger partial charge is 0.481 e. The number of carbonyl (C=O) groups is 2. The van der Waals surface area contributed by atoms with Gasteiger partial charge in [-0.05, 0) is 24.5 Å². The number of H-pyrrole nitrogens is 2. The number of benzene rings is 1. The predicted octanol–water partition coefficient (Wildman–Crippen LogP) is 2.53. The summed E-state index contributed by atoms with van der Waals surface area (Å²) >= 11 is 0. The number of rotatable bonds is 1. The molecule has 0 spiro atoms.